The van der Waals surface area contributed by atoms with Gasteiger partial charge < -0.3 is 38.3 Å². The van der Waals surface area contributed by atoms with E-state index in [0.717, 1.165) is 12.7 Å². The molecule has 4 aromatic carbocycles. The van der Waals surface area contributed by atoms with Crippen molar-refractivity contribution < 1.29 is 47.9 Å². The number of fused-ring (bicyclic) bond motifs is 1. The topological polar surface area (TPSA) is 119 Å². The van der Waals surface area contributed by atoms with E-state index in [2.05, 4.69) is 0 Å². The van der Waals surface area contributed by atoms with Gasteiger partial charge in [-0.25, -0.2) is 9.59 Å². The van der Waals surface area contributed by atoms with Crippen LogP contribution in [0.2, 0.25) is 0 Å². The molecule has 0 atom stereocenters. The molecule has 214 valence electrons. The van der Waals surface area contributed by atoms with E-state index in [4.69, 9.17) is 33.2 Å². The molecule has 0 radical (unpaired) electrons. The Hall–Kier alpha value is -5.12. The second-order valence-corrected chi connectivity index (χ2v) is 8.66. The lowest BCUT2D eigenvalue weighted by Crippen LogP contribution is -2.15. The summed E-state index contributed by atoms with van der Waals surface area (Å²) in [5.41, 5.74) is 0.889. The van der Waals surface area contributed by atoms with Crippen molar-refractivity contribution in [3.63, 3.8) is 0 Å². The van der Waals surface area contributed by atoms with Gasteiger partial charge in [0.15, 0.2) is 23.0 Å². The molecule has 0 saturated carbocycles. The van der Waals surface area contributed by atoms with Crippen LogP contribution in [0.5, 0.6) is 34.5 Å². The molecular weight excluding hydrogens is 532 g/mol. The van der Waals surface area contributed by atoms with Gasteiger partial charge in [-0.1, -0.05) is 36.4 Å². The predicted octanol–water partition coefficient (Wildman–Crippen LogP) is 5.40. The van der Waals surface area contributed by atoms with E-state index in [1.54, 1.807) is 18.2 Å². The van der Waals surface area contributed by atoms with Crippen LogP contribution in [0.4, 0.5) is 0 Å². The number of esters is 2. The van der Waals surface area contributed by atoms with Gasteiger partial charge in [0, 0.05) is 16.3 Å². The van der Waals surface area contributed by atoms with E-state index >= 15 is 0 Å². The van der Waals surface area contributed by atoms with E-state index < -0.39 is 23.3 Å². The van der Waals surface area contributed by atoms with Crippen LogP contribution >= 0.6 is 0 Å². The summed E-state index contributed by atoms with van der Waals surface area (Å²) in [5.74, 6) is -0.985. The van der Waals surface area contributed by atoms with Crippen molar-refractivity contribution in [2.24, 2.45) is 0 Å². The molecule has 0 unspecified atom stereocenters. The van der Waals surface area contributed by atoms with Crippen LogP contribution in [0, 0.1) is 0 Å². The first-order valence-electron chi connectivity index (χ1n) is 12.4. The molecule has 0 heterocycles. The van der Waals surface area contributed by atoms with Crippen LogP contribution < -0.4 is 23.7 Å². The summed E-state index contributed by atoms with van der Waals surface area (Å²) in [4.78, 5) is 26.4. The highest BCUT2D eigenvalue weighted by Gasteiger charge is 2.34. The van der Waals surface area contributed by atoms with Gasteiger partial charge in [0.1, 0.15) is 17.9 Å². The summed E-state index contributed by atoms with van der Waals surface area (Å²) >= 11 is 0. The molecular formula is C31H30O10. The van der Waals surface area contributed by atoms with Crippen LogP contribution in [0.15, 0.2) is 54.6 Å². The molecule has 4 rings (SSSR count). The number of phenols is 1. The molecule has 0 saturated heterocycles. The van der Waals surface area contributed by atoms with E-state index in [9.17, 15) is 14.7 Å². The second kappa shape index (κ2) is 12.4. The minimum atomic E-state index is -0.951. The van der Waals surface area contributed by atoms with E-state index in [1.807, 2.05) is 30.3 Å². The summed E-state index contributed by atoms with van der Waals surface area (Å²) in [6.45, 7) is 0.180. The summed E-state index contributed by atoms with van der Waals surface area (Å²) in [6, 6.07) is 15.9. The molecule has 1 N–H and O–H groups in total. The predicted molar refractivity (Wildman–Crippen MR) is 151 cm³/mol. The Labute approximate surface area is 236 Å². The quantitative estimate of drug-likeness (QED) is 0.252. The Morgan fingerprint density at radius 3 is 1.90 bits per heavy atom. The van der Waals surface area contributed by atoms with Crippen molar-refractivity contribution in [3.8, 4) is 45.6 Å². The fraction of sp³-hybridized carbons (Fsp3) is 0.226. The zero-order valence-corrected chi connectivity index (χ0v) is 23.5. The van der Waals surface area contributed by atoms with Crippen LogP contribution in [0.25, 0.3) is 21.9 Å². The first-order valence-corrected chi connectivity index (χ1v) is 12.4. The lowest BCUT2D eigenvalue weighted by Gasteiger charge is -2.23. The van der Waals surface area contributed by atoms with Crippen molar-refractivity contribution in [2.75, 3.05) is 42.7 Å². The number of phenolic OH excluding ortho intramolecular Hbond substituents is 1. The number of carbonyl (C=O) groups is 2. The number of rotatable bonds is 10. The van der Waals surface area contributed by atoms with Gasteiger partial charge in [0.05, 0.1) is 48.2 Å². The SMILES string of the molecule is COC(=O)c1c(C(=O)OC)c(-c2ccc(OC)c(OC)c2)c2c(OC)c(OC)c(OCc3ccccc3)cc2c1O. The fourth-order valence-corrected chi connectivity index (χ4v) is 4.67. The Bertz CT molecular complexity index is 1590. The zero-order valence-electron chi connectivity index (χ0n) is 23.5. The third kappa shape index (κ3) is 5.23. The lowest BCUT2D eigenvalue weighted by molar-refractivity contribution is 0.0553. The average molecular weight is 563 g/mol. The molecule has 0 amide bonds. The second-order valence-electron chi connectivity index (χ2n) is 8.66. The zero-order chi connectivity index (χ0) is 29.7. The summed E-state index contributed by atoms with van der Waals surface area (Å²) in [6.07, 6.45) is 0. The highest BCUT2D eigenvalue weighted by Crippen LogP contribution is 2.52. The van der Waals surface area contributed by atoms with Crippen molar-refractivity contribution in [1.82, 2.24) is 0 Å². The highest BCUT2D eigenvalue weighted by atomic mass is 16.5. The Balaban J connectivity index is 2.17. The minimum Gasteiger partial charge on any atom is -0.506 e. The number of methoxy groups -OCH3 is 6. The van der Waals surface area contributed by atoms with Gasteiger partial charge in [0.25, 0.3) is 0 Å². The Morgan fingerprint density at radius 1 is 0.683 bits per heavy atom. The van der Waals surface area contributed by atoms with Crippen LogP contribution in [-0.4, -0.2) is 59.7 Å². The van der Waals surface area contributed by atoms with Gasteiger partial charge in [-0.05, 0) is 29.3 Å². The summed E-state index contributed by atoms with van der Waals surface area (Å²) < 4.78 is 38.5. The number of carbonyl (C=O) groups excluding carboxylic acids is 2. The van der Waals surface area contributed by atoms with Crippen molar-refractivity contribution in [3.05, 3.63) is 71.3 Å². The third-order valence-electron chi connectivity index (χ3n) is 6.54. The maximum absolute atomic E-state index is 13.3. The molecule has 10 nitrogen and oxygen atoms in total. The standard InChI is InChI=1S/C31H30O10/c1-35-20-13-12-18(14-21(20)36-2)23-24-19(27(32)26(31(34)40-6)25(23)30(33)39-5)15-22(28(37-3)29(24)38-4)41-16-17-10-8-7-9-11-17/h7-15,32H,16H2,1-6H3. The van der Waals surface area contributed by atoms with Gasteiger partial charge in [-0.15, -0.1) is 0 Å². The largest absolute Gasteiger partial charge is 0.506 e. The van der Waals surface area contributed by atoms with E-state index in [-0.39, 0.29) is 45.8 Å². The van der Waals surface area contributed by atoms with Gasteiger partial charge in [0.2, 0.25) is 5.75 Å². The first-order chi connectivity index (χ1) is 19.8. The number of ether oxygens (including phenoxy) is 7. The smallest absolute Gasteiger partial charge is 0.342 e. The lowest BCUT2D eigenvalue weighted by atomic mass is 9.87. The van der Waals surface area contributed by atoms with Crippen molar-refractivity contribution >= 4 is 22.7 Å². The average Bonchev–Trinajstić information content (AvgIpc) is 3.02. The van der Waals surface area contributed by atoms with E-state index in [0.29, 0.717) is 17.1 Å². The molecule has 0 aliphatic rings. The number of benzene rings is 4. The number of aromatic hydroxyl groups is 1. The van der Waals surface area contributed by atoms with Crippen molar-refractivity contribution in [2.45, 2.75) is 6.61 Å². The van der Waals surface area contributed by atoms with E-state index in [1.165, 1.54) is 41.6 Å². The molecule has 0 aliphatic carbocycles. The molecule has 4 aromatic rings. The molecule has 0 bridgehead atoms. The van der Waals surface area contributed by atoms with Gasteiger partial charge >= 0.3 is 11.9 Å². The Kier molecular flexibility index (Phi) is 8.72. The molecule has 0 spiro atoms. The number of hydrogen-bond donors (Lipinski definition) is 1. The molecule has 0 aliphatic heterocycles. The molecule has 41 heavy (non-hydrogen) atoms. The van der Waals surface area contributed by atoms with Crippen LogP contribution in [0.1, 0.15) is 26.3 Å². The maximum atomic E-state index is 13.3. The summed E-state index contributed by atoms with van der Waals surface area (Å²) in [5, 5.41) is 11.9. The summed E-state index contributed by atoms with van der Waals surface area (Å²) in [7, 11) is 8.14. The van der Waals surface area contributed by atoms with Gasteiger partial charge in [-0.3, -0.25) is 0 Å². The highest BCUT2D eigenvalue weighted by molar-refractivity contribution is 6.20. The van der Waals surface area contributed by atoms with Gasteiger partial charge in [-0.2, -0.15) is 0 Å². The van der Waals surface area contributed by atoms with Crippen LogP contribution in [-0.2, 0) is 16.1 Å². The fourth-order valence-electron chi connectivity index (χ4n) is 4.67. The molecule has 10 heteroatoms. The third-order valence-corrected chi connectivity index (χ3v) is 6.54. The minimum absolute atomic E-state index is 0.142. The number of hydrogen-bond acceptors (Lipinski definition) is 10. The monoisotopic (exact) mass is 562 g/mol. The normalized spacial score (nSPS) is 10.6. The first kappa shape index (κ1) is 28.9. The maximum Gasteiger partial charge on any atom is 0.342 e. The van der Waals surface area contributed by atoms with Crippen molar-refractivity contribution in [1.29, 1.82) is 0 Å². The Morgan fingerprint density at radius 2 is 1.32 bits per heavy atom. The molecule has 0 aromatic heterocycles. The van der Waals surface area contributed by atoms with Crippen LogP contribution in [0.3, 0.4) is 0 Å². The molecule has 0 fully saturated rings.